The maximum absolute atomic E-state index is 6.71. The molecule has 0 N–H and O–H groups in total. The molecule has 0 saturated heterocycles. The number of aromatic nitrogens is 12. The van der Waals surface area contributed by atoms with Crippen LogP contribution < -0.4 is 0 Å². The molecule has 258 valence electrons. The van der Waals surface area contributed by atoms with E-state index in [4.69, 9.17) is 43.6 Å². The lowest BCUT2D eigenvalue weighted by Gasteiger charge is -2.12. The maximum Gasteiger partial charge on any atom is 0.209 e. The molecule has 0 radical (unpaired) electrons. The first-order chi connectivity index (χ1) is 25.4. The van der Waals surface area contributed by atoms with E-state index in [9.17, 15) is 0 Å². The van der Waals surface area contributed by atoms with Crippen LogP contribution in [0.25, 0.3) is 34.2 Å². The van der Waals surface area contributed by atoms with Crippen molar-refractivity contribution < 1.29 is 0 Å². The average molecular weight is 764 g/mol. The molecule has 16 heteroatoms. The Morgan fingerprint density at radius 2 is 1.00 bits per heavy atom. The lowest BCUT2D eigenvalue weighted by Crippen LogP contribution is -2.04. The van der Waals surface area contributed by atoms with Gasteiger partial charge >= 0.3 is 0 Å². The molecule has 0 bridgehead atoms. The summed E-state index contributed by atoms with van der Waals surface area (Å²) in [7, 11) is 2.88. The maximum atomic E-state index is 6.71. The minimum Gasteiger partial charge on any atom is -0.224 e. The van der Waals surface area contributed by atoms with Gasteiger partial charge in [-0.2, -0.15) is 19.8 Å². The first-order valence-electron chi connectivity index (χ1n) is 16.1. The Balaban J connectivity index is 1.17. The zero-order valence-electron chi connectivity index (χ0n) is 27.7. The first kappa shape index (κ1) is 33.8. The van der Waals surface area contributed by atoms with Crippen LogP contribution in [0.3, 0.4) is 0 Å². The fraction of sp³-hybridized carbons (Fsp3) is 0.111. The highest BCUT2D eigenvalue weighted by molar-refractivity contribution is 8.76. The standard InChI is InChI=1S/C36H28Cl2N12S2/c1-23-9-7-11-25(17-23)21-47-43-33(41-45-47)27-19-39-49(31-15-5-3-13-29(31)37)35(27)51-52-36-28(20-40-50(36)32-16-6-4-14-30(32)38)34-42-46-48(44-34)22-26-12-8-10-24(2)18-26/h3-20H,21-22H2,1-2H3. The number of nitrogens with zero attached hydrogens (tertiary/aromatic N) is 12. The van der Waals surface area contributed by atoms with Crippen LogP contribution >= 0.6 is 44.8 Å². The van der Waals surface area contributed by atoms with Gasteiger partial charge < -0.3 is 0 Å². The van der Waals surface area contributed by atoms with Crippen LogP contribution in [0, 0.1) is 13.8 Å². The zero-order chi connectivity index (χ0) is 35.6. The minimum atomic E-state index is 0.426. The quantitative estimate of drug-likeness (QED) is 0.119. The van der Waals surface area contributed by atoms with Gasteiger partial charge in [-0.25, -0.2) is 9.36 Å². The van der Waals surface area contributed by atoms with Gasteiger partial charge in [-0.1, -0.05) is 107 Å². The molecule has 4 aromatic heterocycles. The van der Waals surface area contributed by atoms with Gasteiger partial charge in [-0.3, -0.25) is 0 Å². The SMILES string of the molecule is Cc1cccc(Cn2nnc(-c3cnn(-c4ccccc4Cl)c3SSc3c(-c4nnn(Cc5cccc(C)c5)n4)cnn3-c3ccccc3Cl)n2)c1. The molecule has 0 aliphatic heterocycles. The smallest absolute Gasteiger partial charge is 0.209 e. The summed E-state index contributed by atoms with van der Waals surface area (Å²) in [6, 6.07) is 31.5. The summed E-state index contributed by atoms with van der Waals surface area (Å²) in [5.41, 5.74) is 7.23. The predicted octanol–water partition coefficient (Wildman–Crippen LogP) is 8.18. The van der Waals surface area contributed by atoms with Crippen molar-refractivity contribution in [2.75, 3.05) is 0 Å². The molecule has 0 fully saturated rings. The van der Waals surface area contributed by atoms with Gasteiger partial charge in [-0.05, 0) is 81.3 Å². The van der Waals surface area contributed by atoms with Gasteiger partial charge in [0.25, 0.3) is 0 Å². The third-order valence-corrected chi connectivity index (χ3v) is 11.0. The molecule has 4 aromatic carbocycles. The predicted molar refractivity (Wildman–Crippen MR) is 203 cm³/mol. The molecule has 0 spiro atoms. The molecule has 8 aromatic rings. The average Bonchev–Trinajstić information content (AvgIpc) is 3.95. The Labute approximate surface area is 316 Å². The largest absolute Gasteiger partial charge is 0.224 e. The van der Waals surface area contributed by atoms with Gasteiger partial charge in [0, 0.05) is 0 Å². The Bertz CT molecular complexity index is 2350. The summed E-state index contributed by atoms with van der Waals surface area (Å²) in [4.78, 5) is 3.16. The van der Waals surface area contributed by atoms with Gasteiger partial charge in [0.1, 0.15) is 10.1 Å². The van der Waals surface area contributed by atoms with Crippen molar-refractivity contribution in [2.24, 2.45) is 0 Å². The van der Waals surface area contributed by atoms with Crippen molar-refractivity contribution in [1.82, 2.24) is 60.0 Å². The van der Waals surface area contributed by atoms with Crippen LogP contribution in [0.1, 0.15) is 22.3 Å². The van der Waals surface area contributed by atoms with Crippen molar-refractivity contribution in [3.8, 4) is 34.2 Å². The molecule has 0 amide bonds. The van der Waals surface area contributed by atoms with Crippen molar-refractivity contribution in [2.45, 2.75) is 37.0 Å². The number of aryl methyl sites for hydroxylation is 2. The van der Waals surface area contributed by atoms with E-state index < -0.39 is 0 Å². The Kier molecular flexibility index (Phi) is 9.60. The molecular formula is C36H28Cl2N12S2. The molecule has 12 nitrogen and oxygen atoms in total. The summed E-state index contributed by atoms with van der Waals surface area (Å²) in [5, 5.41) is 39.1. The normalized spacial score (nSPS) is 11.4. The second-order valence-corrected chi connectivity index (χ2v) is 14.8. The lowest BCUT2D eigenvalue weighted by molar-refractivity contribution is 0.572. The molecule has 0 saturated carbocycles. The van der Waals surface area contributed by atoms with Gasteiger partial charge in [-0.15, -0.1) is 20.4 Å². The highest BCUT2D eigenvalue weighted by atomic mass is 35.5. The molecule has 52 heavy (non-hydrogen) atoms. The summed E-state index contributed by atoms with van der Waals surface area (Å²) in [6.45, 7) is 5.06. The van der Waals surface area contributed by atoms with E-state index in [0.717, 1.165) is 32.3 Å². The summed E-state index contributed by atoms with van der Waals surface area (Å²) in [6.07, 6.45) is 3.45. The number of hydrogen-bond acceptors (Lipinski definition) is 10. The Hall–Kier alpha value is -5.28. The van der Waals surface area contributed by atoms with Gasteiger partial charge in [0.2, 0.25) is 11.6 Å². The van der Waals surface area contributed by atoms with Crippen LogP contribution in [-0.2, 0) is 13.1 Å². The number of hydrogen-bond donors (Lipinski definition) is 0. The van der Waals surface area contributed by atoms with E-state index in [1.807, 2.05) is 72.8 Å². The van der Waals surface area contributed by atoms with Crippen LogP contribution in [0.2, 0.25) is 10.0 Å². The second kappa shape index (κ2) is 14.8. The van der Waals surface area contributed by atoms with E-state index in [-0.39, 0.29) is 0 Å². The topological polar surface area (TPSA) is 123 Å². The molecule has 0 aliphatic carbocycles. The molecule has 0 aliphatic rings. The van der Waals surface area contributed by atoms with Crippen molar-refractivity contribution in [3.63, 3.8) is 0 Å². The van der Waals surface area contributed by atoms with Gasteiger partial charge in [0.05, 0.1) is 58.0 Å². The van der Waals surface area contributed by atoms with E-state index in [0.29, 0.717) is 57.3 Å². The van der Waals surface area contributed by atoms with Crippen molar-refractivity contribution >= 4 is 44.8 Å². The summed E-state index contributed by atoms with van der Waals surface area (Å²) >= 11 is 13.4. The van der Waals surface area contributed by atoms with E-state index in [1.54, 1.807) is 31.4 Å². The molecule has 0 atom stereocenters. The monoisotopic (exact) mass is 762 g/mol. The third kappa shape index (κ3) is 7.10. The number of halogens is 2. The molecule has 8 rings (SSSR count). The Morgan fingerprint density at radius 3 is 1.42 bits per heavy atom. The van der Waals surface area contributed by atoms with Crippen LogP contribution in [0.5, 0.6) is 0 Å². The minimum absolute atomic E-state index is 0.426. The highest BCUT2D eigenvalue weighted by Gasteiger charge is 2.25. The fourth-order valence-electron chi connectivity index (χ4n) is 5.59. The number of benzene rings is 4. The van der Waals surface area contributed by atoms with E-state index >= 15 is 0 Å². The fourth-order valence-corrected chi connectivity index (χ4v) is 8.52. The third-order valence-electron chi connectivity index (χ3n) is 8.01. The Morgan fingerprint density at radius 1 is 0.558 bits per heavy atom. The van der Waals surface area contributed by atoms with Crippen LogP contribution in [0.15, 0.2) is 120 Å². The second-order valence-electron chi connectivity index (χ2n) is 11.9. The molecular weight excluding hydrogens is 736 g/mol. The van der Waals surface area contributed by atoms with E-state index in [2.05, 4.69) is 58.7 Å². The van der Waals surface area contributed by atoms with Crippen molar-refractivity contribution in [1.29, 1.82) is 0 Å². The summed E-state index contributed by atoms with van der Waals surface area (Å²) in [5.74, 6) is 0.851. The number of tetrazole rings is 2. The van der Waals surface area contributed by atoms with Crippen molar-refractivity contribution in [3.05, 3.63) is 142 Å². The van der Waals surface area contributed by atoms with Crippen LogP contribution in [-0.4, -0.2) is 60.0 Å². The lowest BCUT2D eigenvalue weighted by atomic mass is 10.1. The van der Waals surface area contributed by atoms with Crippen LogP contribution in [0.4, 0.5) is 0 Å². The molecule has 0 unspecified atom stereocenters. The molecule has 4 heterocycles. The van der Waals surface area contributed by atoms with E-state index in [1.165, 1.54) is 21.6 Å². The number of rotatable bonds is 11. The zero-order valence-corrected chi connectivity index (χ0v) is 30.9. The number of para-hydroxylation sites is 2. The highest BCUT2D eigenvalue weighted by Crippen LogP contribution is 2.46. The first-order valence-corrected chi connectivity index (χ1v) is 19.0. The summed E-state index contributed by atoms with van der Waals surface area (Å²) < 4.78 is 3.56. The van der Waals surface area contributed by atoms with Gasteiger partial charge in [0.15, 0.2) is 0 Å².